The molecule has 3 heterocycles. The van der Waals surface area contributed by atoms with E-state index in [2.05, 4.69) is 108 Å². The highest BCUT2D eigenvalue weighted by Gasteiger charge is 2.46. The Hall–Kier alpha value is -2.88. The van der Waals surface area contributed by atoms with Gasteiger partial charge in [0.2, 0.25) is 0 Å². The second-order valence-corrected chi connectivity index (χ2v) is 24.2. The van der Waals surface area contributed by atoms with E-state index in [1.165, 1.54) is 0 Å². The van der Waals surface area contributed by atoms with Crippen molar-refractivity contribution in [1.29, 1.82) is 0 Å². The number of benzene rings is 2. The van der Waals surface area contributed by atoms with Gasteiger partial charge in [-0.15, -0.1) is 0 Å². The monoisotopic (exact) mass is 614 g/mol. The van der Waals surface area contributed by atoms with Crippen LogP contribution >= 0.6 is 0 Å². The standard InChI is InChI=1S/C34H46N4O3Si2/c1-33(2,3)42(7,8)39-21-29-28(41-43(9,10)34(4,5)6)20-30(40-29)38-23-37-31-27(35-22-36-32(31)38)19-18-25-16-13-15-24-14-11-12-17-26(24)25/h11-17,22-23,28-30H,20-21H2,1-10H3. The zero-order valence-electron chi connectivity index (χ0n) is 27.4. The van der Waals surface area contributed by atoms with Gasteiger partial charge in [-0.3, -0.25) is 4.57 Å². The first-order chi connectivity index (χ1) is 20.1. The summed E-state index contributed by atoms with van der Waals surface area (Å²) in [5.74, 6) is 6.59. The van der Waals surface area contributed by atoms with Crippen molar-refractivity contribution in [3.63, 3.8) is 0 Å². The highest BCUT2D eigenvalue weighted by Crippen LogP contribution is 2.43. The van der Waals surface area contributed by atoms with Crippen LogP contribution in [0.15, 0.2) is 55.1 Å². The molecule has 1 saturated heterocycles. The molecule has 3 atom stereocenters. The molecule has 0 amide bonds. The van der Waals surface area contributed by atoms with Crippen molar-refractivity contribution in [1.82, 2.24) is 19.5 Å². The minimum absolute atomic E-state index is 0.0828. The van der Waals surface area contributed by atoms with Gasteiger partial charge in [-0.2, -0.15) is 0 Å². The van der Waals surface area contributed by atoms with Crippen LogP contribution in [0.5, 0.6) is 0 Å². The normalized spacial score (nSPS) is 20.0. The fourth-order valence-electron chi connectivity index (χ4n) is 4.82. The summed E-state index contributed by atoms with van der Waals surface area (Å²) in [6.45, 7) is 23.3. The van der Waals surface area contributed by atoms with Gasteiger partial charge in [0.1, 0.15) is 29.9 Å². The average Bonchev–Trinajstić information content (AvgIpc) is 3.53. The Labute approximate surface area is 258 Å². The van der Waals surface area contributed by atoms with Crippen LogP contribution in [-0.2, 0) is 13.6 Å². The molecule has 1 aliphatic rings. The lowest BCUT2D eigenvalue weighted by atomic mass is 10.1. The molecular weight excluding hydrogens is 569 g/mol. The van der Waals surface area contributed by atoms with Crippen LogP contribution in [0.25, 0.3) is 21.9 Å². The summed E-state index contributed by atoms with van der Waals surface area (Å²) in [7, 11) is -4.03. The average molecular weight is 615 g/mol. The van der Waals surface area contributed by atoms with Gasteiger partial charge in [-0.05, 0) is 59.0 Å². The van der Waals surface area contributed by atoms with Gasteiger partial charge in [0, 0.05) is 12.0 Å². The first-order valence-electron chi connectivity index (χ1n) is 15.2. The van der Waals surface area contributed by atoms with Crippen LogP contribution in [0.1, 0.15) is 65.4 Å². The van der Waals surface area contributed by atoms with E-state index in [0.29, 0.717) is 29.9 Å². The zero-order chi connectivity index (χ0) is 31.2. The zero-order valence-corrected chi connectivity index (χ0v) is 29.4. The Kier molecular flexibility index (Phi) is 8.48. The maximum absolute atomic E-state index is 6.97. The molecule has 0 aliphatic carbocycles. The molecular formula is C34H46N4O3Si2. The fourth-order valence-corrected chi connectivity index (χ4v) is 7.19. The summed E-state index contributed by atoms with van der Waals surface area (Å²) < 4.78 is 22.4. The Morgan fingerprint density at radius 3 is 2.30 bits per heavy atom. The number of hydrogen-bond donors (Lipinski definition) is 0. The maximum Gasteiger partial charge on any atom is 0.192 e. The summed E-state index contributed by atoms with van der Waals surface area (Å²) in [4.78, 5) is 13.8. The van der Waals surface area contributed by atoms with Gasteiger partial charge in [-0.1, -0.05) is 83.9 Å². The largest absolute Gasteiger partial charge is 0.414 e. The summed E-state index contributed by atoms with van der Waals surface area (Å²) >= 11 is 0. The third kappa shape index (κ3) is 6.49. The second-order valence-electron chi connectivity index (χ2n) is 14.7. The molecule has 5 rings (SSSR count). The molecule has 228 valence electrons. The van der Waals surface area contributed by atoms with Gasteiger partial charge >= 0.3 is 0 Å². The molecule has 1 fully saturated rings. The van der Waals surface area contributed by atoms with Gasteiger partial charge in [0.05, 0.1) is 19.0 Å². The molecule has 0 radical (unpaired) electrons. The van der Waals surface area contributed by atoms with E-state index >= 15 is 0 Å². The number of rotatable bonds is 6. The Balaban J connectivity index is 1.44. The molecule has 3 unspecified atom stereocenters. The van der Waals surface area contributed by atoms with Crippen LogP contribution in [0.4, 0.5) is 0 Å². The van der Waals surface area contributed by atoms with E-state index in [1.807, 2.05) is 28.8 Å². The molecule has 0 saturated carbocycles. The second kappa shape index (κ2) is 11.6. The highest BCUT2D eigenvalue weighted by atomic mass is 28.4. The number of hydrogen-bond acceptors (Lipinski definition) is 6. The van der Waals surface area contributed by atoms with Crippen LogP contribution in [-0.4, -0.2) is 55.0 Å². The molecule has 1 aliphatic heterocycles. The van der Waals surface area contributed by atoms with Gasteiger partial charge in [-0.25, -0.2) is 15.0 Å². The summed E-state index contributed by atoms with van der Waals surface area (Å²) in [5.41, 5.74) is 2.93. The van der Waals surface area contributed by atoms with Crippen LogP contribution in [0.2, 0.25) is 36.3 Å². The van der Waals surface area contributed by atoms with Crippen molar-refractivity contribution in [2.75, 3.05) is 6.61 Å². The summed E-state index contributed by atoms with van der Waals surface area (Å²) in [5, 5.41) is 2.47. The van der Waals surface area contributed by atoms with E-state index < -0.39 is 16.6 Å². The third-order valence-electron chi connectivity index (χ3n) is 9.62. The predicted octanol–water partition coefficient (Wildman–Crippen LogP) is 8.08. The first kappa shape index (κ1) is 31.5. The SMILES string of the molecule is CC(C)(C)[Si](C)(C)OCC1OC(n2cnc3c(C#Cc4cccc5ccccc45)ncnc32)CC1O[Si](C)(C)C(C)(C)C. The minimum atomic E-state index is -2.06. The van der Waals surface area contributed by atoms with Gasteiger partial charge < -0.3 is 13.6 Å². The fraction of sp³-hybridized carbons (Fsp3) is 0.500. The third-order valence-corrected chi connectivity index (χ3v) is 18.6. The minimum Gasteiger partial charge on any atom is -0.414 e. The molecule has 2 aromatic heterocycles. The number of imidazole rings is 1. The Morgan fingerprint density at radius 1 is 0.884 bits per heavy atom. The van der Waals surface area contributed by atoms with E-state index in [4.69, 9.17) is 18.6 Å². The number of fused-ring (bicyclic) bond motifs is 2. The molecule has 0 spiro atoms. The van der Waals surface area contributed by atoms with E-state index in [1.54, 1.807) is 12.7 Å². The lowest BCUT2D eigenvalue weighted by molar-refractivity contribution is -0.0383. The van der Waals surface area contributed by atoms with Crippen molar-refractivity contribution < 1.29 is 13.6 Å². The molecule has 0 N–H and O–H groups in total. The summed E-state index contributed by atoms with van der Waals surface area (Å²) in [6.07, 6.45) is 3.52. The molecule has 43 heavy (non-hydrogen) atoms. The number of aromatic nitrogens is 4. The van der Waals surface area contributed by atoms with E-state index in [0.717, 1.165) is 16.3 Å². The van der Waals surface area contributed by atoms with Crippen LogP contribution < -0.4 is 0 Å². The molecule has 0 bridgehead atoms. The van der Waals surface area contributed by atoms with Crippen molar-refractivity contribution in [3.05, 3.63) is 66.4 Å². The van der Waals surface area contributed by atoms with Crippen LogP contribution in [0, 0.1) is 11.8 Å². The predicted molar refractivity (Wildman–Crippen MR) is 179 cm³/mol. The van der Waals surface area contributed by atoms with Crippen molar-refractivity contribution in [2.24, 2.45) is 0 Å². The molecule has 4 aromatic rings. The Bertz CT molecular complexity index is 1670. The van der Waals surface area contributed by atoms with Gasteiger partial charge in [0.15, 0.2) is 22.3 Å². The van der Waals surface area contributed by atoms with Crippen molar-refractivity contribution >= 4 is 38.6 Å². The molecule has 7 nitrogen and oxygen atoms in total. The van der Waals surface area contributed by atoms with Crippen LogP contribution in [0.3, 0.4) is 0 Å². The van der Waals surface area contributed by atoms with Crippen molar-refractivity contribution in [2.45, 2.75) is 103 Å². The van der Waals surface area contributed by atoms with Crippen molar-refractivity contribution in [3.8, 4) is 11.8 Å². The first-order valence-corrected chi connectivity index (χ1v) is 21.0. The quantitative estimate of drug-likeness (QED) is 0.162. The maximum atomic E-state index is 6.97. The van der Waals surface area contributed by atoms with E-state index in [-0.39, 0.29) is 28.5 Å². The molecule has 2 aromatic carbocycles. The Morgan fingerprint density at radius 2 is 1.58 bits per heavy atom. The smallest absolute Gasteiger partial charge is 0.192 e. The highest BCUT2D eigenvalue weighted by molar-refractivity contribution is 6.74. The van der Waals surface area contributed by atoms with Gasteiger partial charge in [0.25, 0.3) is 0 Å². The number of nitrogens with zero attached hydrogens (tertiary/aromatic N) is 4. The lowest BCUT2D eigenvalue weighted by Crippen LogP contribution is -2.48. The lowest BCUT2D eigenvalue weighted by Gasteiger charge is -2.40. The molecule has 9 heteroatoms. The van der Waals surface area contributed by atoms with E-state index in [9.17, 15) is 0 Å². The number of ether oxygens (including phenoxy) is 1. The summed E-state index contributed by atoms with van der Waals surface area (Å²) in [6, 6.07) is 14.4. The topological polar surface area (TPSA) is 71.3 Å².